The molecule has 100 valence electrons. The van der Waals surface area contributed by atoms with Gasteiger partial charge < -0.3 is 5.11 Å². The second kappa shape index (κ2) is 6.03. The molecule has 0 aliphatic carbocycles. The van der Waals surface area contributed by atoms with Crippen molar-refractivity contribution in [1.82, 2.24) is 0 Å². The summed E-state index contributed by atoms with van der Waals surface area (Å²) in [5.74, 6) is 0. The van der Waals surface area contributed by atoms with E-state index in [1.54, 1.807) is 0 Å². The Hall–Kier alpha value is -1.60. The molecule has 1 nitrogen and oxygen atoms in total. The van der Waals surface area contributed by atoms with Gasteiger partial charge in [0.1, 0.15) is 0 Å². The van der Waals surface area contributed by atoms with E-state index in [9.17, 15) is 5.11 Å². The van der Waals surface area contributed by atoms with Crippen molar-refractivity contribution in [2.45, 2.75) is 39.7 Å². The van der Waals surface area contributed by atoms with Crippen LogP contribution in [0.1, 0.15) is 40.8 Å². The molecule has 0 radical (unpaired) electrons. The van der Waals surface area contributed by atoms with Crippen LogP contribution in [0.3, 0.4) is 0 Å². The highest BCUT2D eigenvalue weighted by Crippen LogP contribution is 2.21. The van der Waals surface area contributed by atoms with Crippen molar-refractivity contribution in [3.8, 4) is 0 Å². The van der Waals surface area contributed by atoms with Gasteiger partial charge in [-0.15, -0.1) is 0 Å². The van der Waals surface area contributed by atoms with Gasteiger partial charge in [-0.1, -0.05) is 55.0 Å². The minimum absolute atomic E-state index is 0.425. The molecule has 2 aromatic carbocycles. The zero-order valence-corrected chi connectivity index (χ0v) is 12.0. The van der Waals surface area contributed by atoms with Gasteiger partial charge in [0.2, 0.25) is 0 Å². The van der Waals surface area contributed by atoms with Crippen molar-refractivity contribution in [2.24, 2.45) is 0 Å². The van der Waals surface area contributed by atoms with E-state index in [4.69, 9.17) is 0 Å². The Morgan fingerprint density at radius 1 is 1.00 bits per heavy atom. The number of aryl methyl sites for hydroxylation is 3. The molecule has 1 unspecified atom stereocenters. The monoisotopic (exact) mass is 254 g/mol. The fourth-order valence-corrected chi connectivity index (χ4v) is 2.32. The van der Waals surface area contributed by atoms with Crippen LogP contribution in [-0.4, -0.2) is 5.11 Å². The highest BCUT2D eigenvalue weighted by Gasteiger charge is 2.10. The Kier molecular flexibility index (Phi) is 4.39. The first kappa shape index (κ1) is 13.8. The molecule has 0 aromatic heterocycles. The summed E-state index contributed by atoms with van der Waals surface area (Å²) in [4.78, 5) is 0. The molecular weight excluding hydrogens is 232 g/mol. The van der Waals surface area contributed by atoms with Crippen molar-refractivity contribution in [1.29, 1.82) is 0 Å². The molecule has 0 aliphatic heterocycles. The molecule has 0 aliphatic rings. The van der Waals surface area contributed by atoms with Gasteiger partial charge in [-0.25, -0.2) is 0 Å². The summed E-state index contributed by atoms with van der Waals surface area (Å²) in [6.45, 7) is 6.33. The fraction of sp³-hybridized carbons (Fsp3) is 0.333. The summed E-state index contributed by atoms with van der Waals surface area (Å²) >= 11 is 0. The Bertz CT molecular complexity index is 540. The number of hydrogen-bond donors (Lipinski definition) is 1. The van der Waals surface area contributed by atoms with E-state index >= 15 is 0 Å². The number of rotatable bonds is 4. The maximum Gasteiger partial charge on any atom is 0.0830 e. The van der Waals surface area contributed by atoms with Crippen LogP contribution in [0.25, 0.3) is 0 Å². The Morgan fingerprint density at radius 3 is 2.32 bits per heavy atom. The van der Waals surface area contributed by atoms with Crippen LogP contribution >= 0.6 is 0 Å². The second-order valence-corrected chi connectivity index (χ2v) is 5.24. The molecule has 1 N–H and O–H groups in total. The molecule has 1 atom stereocenters. The van der Waals surface area contributed by atoms with Crippen molar-refractivity contribution >= 4 is 0 Å². The van der Waals surface area contributed by atoms with Gasteiger partial charge in [-0.2, -0.15) is 0 Å². The molecule has 0 saturated heterocycles. The lowest BCUT2D eigenvalue weighted by molar-refractivity contribution is 0.178. The Morgan fingerprint density at radius 2 is 1.68 bits per heavy atom. The zero-order chi connectivity index (χ0) is 13.8. The first-order valence-electron chi connectivity index (χ1n) is 6.93. The third kappa shape index (κ3) is 3.45. The van der Waals surface area contributed by atoms with Crippen molar-refractivity contribution in [2.75, 3.05) is 0 Å². The quantitative estimate of drug-likeness (QED) is 0.869. The molecule has 0 fully saturated rings. The van der Waals surface area contributed by atoms with Crippen LogP contribution in [-0.2, 0) is 12.8 Å². The van der Waals surface area contributed by atoms with E-state index in [0.717, 1.165) is 12.0 Å². The minimum Gasteiger partial charge on any atom is -0.388 e. The molecule has 0 amide bonds. The number of benzene rings is 2. The molecule has 1 heteroatoms. The first-order valence-corrected chi connectivity index (χ1v) is 6.93. The third-order valence-corrected chi connectivity index (χ3v) is 3.69. The first-order chi connectivity index (χ1) is 9.10. The number of aliphatic hydroxyl groups is 1. The van der Waals surface area contributed by atoms with Gasteiger partial charge >= 0.3 is 0 Å². The van der Waals surface area contributed by atoms with Gasteiger partial charge in [0.15, 0.2) is 0 Å². The van der Waals surface area contributed by atoms with E-state index in [0.29, 0.717) is 6.42 Å². The predicted octanol–water partition coefficient (Wildman–Crippen LogP) is 4.14. The highest BCUT2D eigenvalue weighted by atomic mass is 16.3. The van der Waals surface area contributed by atoms with Gasteiger partial charge in [0, 0.05) is 6.42 Å². The maximum absolute atomic E-state index is 10.4. The molecule has 0 spiro atoms. The maximum atomic E-state index is 10.4. The van der Waals surface area contributed by atoms with Crippen LogP contribution in [0.15, 0.2) is 42.5 Å². The molecule has 0 saturated carbocycles. The topological polar surface area (TPSA) is 20.2 Å². The van der Waals surface area contributed by atoms with Crippen molar-refractivity contribution in [3.63, 3.8) is 0 Å². The number of hydrogen-bond acceptors (Lipinski definition) is 1. The van der Waals surface area contributed by atoms with Gasteiger partial charge in [0.25, 0.3) is 0 Å². The number of aliphatic hydroxyl groups excluding tert-OH is 1. The highest BCUT2D eigenvalue weighted by molar-refractivity contribution is 5.32. The zero-order valence-electron chi connectivity index (χ0n) is 12.0. The minimum atomic E-state index is -0.425. The fourth-order valence-electron chi connectivity index (χ4n) is 2.32. The van der Waals surface area contributed by atoms with Crippen LogP contribution in [0.2, 0.25) is 0 Å². The summed E-state index contributed by atoms with van der Waals surface area (Å²) in [5.41, 5.74) is 6.02. The van der Waals surface area contributed by atoms with E-state index in [2.05, 4.69) is 51.1 Å². The summed E-state index contributed by atoms with van der Waals surface area (Å²) in [5, 5.41) is 10.4. The third-order valence-electron chi connectivity index (χ3n) is 3.69. The summed E-state index contributed by atoms with van der Waals surface area (Å²) < 4.78 is 0. The van der Waals surface area contributed by atoms with Crippen molar-refractivity contribution < 1.29 is 5.11 Å². The van der Waals surface area contributed by atoms with Gasteiger partial charge in [0.05, 0.1) is 6.10 Å². The molecule has 0 bridgehead atoms. The van der Waals surface area contributed by atoms with Gasteiger partial charge in [-0.3, -0.25) is 0 Å². The van der Waals surface area contributed by atoms with E-state index < -0.39 is 6.10 Å². The van der Waals surface area contributed by atoms with E-state index in [1.165, 1.54) is 22.3 Å². The SMILES string of the molecule is CCc1ccc(C(O)Cc2cc(C)ccc2C)cc1. The molecule has 0 heterocycles. The Balaban J connectivity index is 2.15. The summed E-state index contributed by atoms with van der Waals surface area (Å²) in [6, 6.07) is 14.7. The predicted molar refractivity (Wildman–Crippen MR) is 80.4 cm³/mol. The van der Waals surface area contributed by atoms with Crippen LogP contribution < -0.4 is 0 Å². The normalized spacial score (nSPS) is 12.4. The largest absolute Gasteiger partial charge is 0.388 e. The summed E-state index contributed by atoms with van der Waals surface area (Å²) in [6.07, 6.45) is 1.29. The molecular formula is C18H22O. The molecule has 2 rings (SSSR count). The molecule has 2 aromatic rings. The van der Waals surface area contributed by atoms with E-state index in [1.807, 2.05) is 12.1 Å². The molecule has 19 heavy (non-hydrogen) atoms. The average Bonchev–Trinajstić information content (AvgIpc) is 2.43. The lowest BCUT2D eigenvalue weighted by atomic mass is 9.96. The van der Waals surface area contributed by atoms with E-state index in [-0.39, 0.29) is 0 Å². The van der Waals surface area contributed by atoms with Crippen molar-refractivity contribution in [3.05, 3.63) is 70.3 Å². The van der Waals surface area contributed by atoms with Crippen LogP contribution in [0.4, 0.5) is 0 Å². The standard InChI is InChI=1S/C18H22O/c1-4-15-7-9-16(10-8-15)18(19)12-17-11-13(2)5-6-14(17)3/h5-11,18-19H,4,12H2,1-3H3. The average molecular weight is 254 g/mol. The Labute approximate surface area is 115 Å². The smallest absolute Gasteiger partial charge is 0.0830 e. The van der Waals surface area contributed by atoms with Crippen LogP contribution in [0.5, 0.6) is 0 Å². The van der Waals surface area contributed by atoms with Gasteiger partial charge in [-0.05, 0) is 42.5 Å². The second-order valence-electron chi connectivity index (χ2n) is 5.24. The lowest BCUT2D eigenvalue weighted by Gasteiger charge is -2.14. The lowest BCUT2D eigenvalue weighted by Crippen LogP contribution is -2.03. The van der Waals surface area contributed by atoms with Crippen LogP contribution in [0, 0.1) is 13.8 Å². The summed E-state index contributed by atoms with van der Waals surface area (Å²) in [7, 11) is 0.